The summed E-state index contributed by atoms with van der Waals surface area (Å²) in [5, 5.41) is 3.25. The molecule has 0 atom stereocenters. The fourth-order valence-corrected chi connectivity index (χ4v) is 2.46. The zero-order valence-corrected chi connectivity index (χ0v) is 14.9. The Morgan fingerprint density at radius 3 is 2.71 bits per heavy atom. The van der Waals surface area contributed by atoms with Gasteiger partial charge in [0.05, 0.1) is 17.7 Å². The average molecular weight is 348 g/mol. The Kier molecular flexibility index (Phi) is 6.44. The van der Waals surface area contributed by atoms with E-state index in [-0.39, 0.29) is 5.91 Å². The van der Waals surface area contributed by atoms with Gasteiger partial charge in [-0.3, -0.25) is 4.79 Å². The van der Waals surface area contributed by atoms with Crippen LogP contribution in [-0.4, -0.2) is 31.6 Å². The first-order chi connectivity index (χ1) is 11.5. The summed E-state index contributed by atoms with van der Waals surface area (Å²) in [6, 6.07) is 8.72. The first-order valence-corrected chi connectivity index (χ1v) is 8.25. The van der Waals surface area contributed by atoms with Crippen LogP contribution in [0.15, 0.2) is 36.5 Å². The molecule has 6 heteroatoms. The number of nitrogens with zero attached hydrogens (tertiary/aromatic N) is 2. The lowest BCUT2D eigenvalue weighted by Gasteiger charge is -2.17. The number of unbranched alkanes of at least 4 members (excludes halogenated alkanes) is 1. The normalized spacial score (nSPS) is 10.3. The minimum absolute atomic E-state index is 0.230. The topological polar surface area (TPSA) is 54.5 Å². The van der Waals surface area contributed by atoms with Gasteiger partial charge in [-0.2, -0.15) is 0 Å². The van der Waals surface area contributed by atoms with Crippen molar-refractivity contribution >= 4 is 29.0 Å². The first-order valence-electron chi connectivity index (χ1n) is 7.87. The molecule has 0 unspecified atom stereocenters. The van der Waals surface area contributed by atoms with Gasteiger partial charge in [-0.1, -0.05) is 24.9 Å². The number of hydrogen-bond donors (Lipinski definition) is 1. The van der Waals surface area contributed by atoms with E-state index in [4.69, 9.17) is 16.3 Å². The lowest BCUT2D eigenvalue weighted by Crippen LogP contribution is -2.20. The smallest absolute Gasteiger partial charge is 0.257 e. The van der Waals surface area contributed by atoms with Crippen molar-refractivity contribution in [1.82, 2.24) is 4.98 Å². The number of anilines is 2. The molecule has 0 bridgehead atoms. The van der Waals surface area contributed by atoms with E-state index >= 15 is 0 Å². The molecule has 2 aromatic rings. The maximum atomic E-state index is 12.3. The Morgan fingerprint density at radius 1 is 1.33 bits per heavy atom. The molecular weight excluding hydrogens is 326 g/mol. The Balaban J connectivity index is 2.03. The van der Waals surface area contributed by atoms with Crippen LogP contribution in [0, 0.1) is 0 Å². The third-order valence-electron chi connectivity index (χ3n) is 3.66. The fourth-order valence-electron chi connectivity index (χ4n) is 2.20. The van der Waals surface area contributed by atoms with Gasteiger partial charge in [0, 0.05) is 25.5 Å². The lowest BCUT2D eigenvalue weighted by atomic mass is 10.2. The first kappa shape index (κ1) is 18.1. The number of methoxy groups -OCH3 is 1. The largest absolute Gasteiger partial charge is 0.495 e. The Hall–Kier alpha value is -2.27. The van der Waals surface area contributed by atoms with Gasteiger partial charge in [-0.15, -0.1) is 0 Å². The van der Waals surface area contributed by atoms with Crippen molar-refractivity contribution in [2.24, 2.45) is 0 Å². The molecule has 24 heavy (non-hydrogen) atoms. The van der Waals surface area contributed by atoms with Crippen molar-refractivity contribution in [3.05, 3.63) is 47.1 Å². The Labute approximate surface area is 147 Å². The predicted molar refractivity (Wildman–Crippen MR) is 98.4 cm³/mol. The van der Waals surface area contributed by atoms with Gasteiger partial charge in [0.1, 0.15) is 11.6 Å². The third kappa shape index (κ3) is 4.61. The summed E-state index contributed by atoms with van der Waals surface area (Å²) in [5.74, 6) is 1.19. The van der Waals surface area contributed by atoms with E-state index in [1.165, 1.54) is 0 Å². The van der Waals surface area contributed by atoms with Gasteiger partial charge in [0.25, 0.3) is 5.91 Å². The van der Waals surface area contributed by atoms with E-state index in [1.807, 2.05) is 13.1 Å². The maximum absolute atomic E-state index is 12.3. The molecule has 128 valence electrons. The number of benzene rings is 1. The van der Waals surface area contributed by atoms with E-state index in [0.29, 0.717) is 22.0 Å². The minimum atomic E-state index is -0.230. The van der Waals surface area contributed by atoms with Gasteiger partial charge >= 0.3 is 0 Å². The average Bonchev–Trinajstić information content (AvgIpc) is 2.60. The number of aromatic nitrogens is 1. The lowest BCUT2D eigenvalue weighted by molar-refractivity contribution is 0.102. The second kappa shape index (κ2) is 8.55. The predicted octanol–water partition coefficient (Wildman–Crippen LogP) is 4.23. The van der Waals surface area contributed by atoms with Crippen molar-refractivity contribution < 1.29 is 9.53 Å². The number of carbonyl (C=O) groups excluding carboxylic acids is 1. The van der Waals surface area contributed by atoms with Gasteiger partial charge in [0.2, 0.25) is 0 Å². The highest BCUT2D eigenvalue weighted by Crippen LogP contribution is 2.27. The highest BCUT2D eigenvalue weighted by Gasteiger charge is 2.10. The Bertz CT molecular complexity index is 689. The molecule has 0 saturated heterocycles. The Morgan fingerprint density at radius 2 is 2.12 bits per heavy atom. The molecule has 1 aromatic carbocycles. The van der Waals surface area contributed by atoms with Crippen LogP contribution in [0.5, 0.6) is 5.75 Å². The van der Waals surface area contributed by atoms with Crippen molar-refractivity contribution in [2.75, 3.05) is 30.9 Å². The molecule has 0 aliphatic carbocycles. The van der Waals surface area contributed by atoms with Crippen molar-refractivity contribution in [3.8, 4) is 5.75 Å². The molecule has 0 radical (unpaired) electrons. The fraction of sp³-hybridized carbons (Fsp3) is 0.333. The third-order valence-corrected chi connectivity index (χ3v) is 3.95. The van der Waals surface area contributed by atoms with E-state index in [0.717, 1.165) is 25.2 Å². The standard InChI is InChI=1S/C18H22ClN3O2/c1-4-5-10-22(2)17-9-6-13(12-20-17)18(23)21-14-7-8-16(24-3)15(19)11-14/h6-9,11-12H,4-5,10H2,1-3H3,(H,21,23). The molecule has 5 nitrogen and oxygen atoms in total. The number of nitrogens with one attached hydrogen (secondary N) is 1. The van der Waals surface area contributed by atoms with E-state index in [9.17, 15) is 4.79 Å². The van der Waals surface area contributed by atoms with Crippen molar-refractivity contribution in [1.29, 1.82) is 0 Å². The summed E-state index contributed by atoms with van der Waals surface area (Å²) in [5.41, 5.74) is 1.10. The zero-order chi connectivity index (χ0) is 17.5. The summed E-state index contributed by atoms with van der Waals surface area (Å²) in [7, 11) is 3.54. The van der Waals surface area contributed by atoms with Crippen LogP contribution in [0.3, 0.4) is 0 Å². The van der Waals surface area contributed by atoms with Crippen molar-refractivity contribution in [3.63, 3.8) is 0 Å². The number of pyridine rings is 1. The summed E-state index contributed by atoms with van der Waals surface area (Å²) < 4.78 is 5.09. The molecule has 1 heterocycles. The van der Waals surface area contributed by atoms with Crippen LogP contribution in [-0.2, 0) is 0 Å². The summed E-state index contributed by atoms with van der Waals surface area (Å²) in [4.78, 5) is 18.7. The molecule has 0 spiro atoms. The van der Waals surface area contributed by atoms with E-state index in [2.05, 4.69) is 22.1 Å². The van der Waals surface area contributed by atoms with Crippen LogP contribution >= 0.6 is 11.6 Å². The highest BCUT2D eigenvalue weighted by atomic mass is 35.5. The summed E-state index contributed by atoms with van der Waals surface area (Å²) >= 11 is 6.06. The van der Waals surface area contributed by atoms with E-state index < -0.39 is 0 Å². The maximum Gasteiger partial charge on any atom is 0.257 e. The molecule has 1 amide bonds. The van der Waals surface area contributed by atoms with Crippen LogP contribution in [0.25, 0.3) is 0 Å². The molecule has 0 aliphatic rings. The van der Waals surface area contributed by atoms with Crippen LogP contribution < -0.4 is 15.0 Å². The minimum Gasteiger partial charge on any atom is -0.495 e. The van der Waals surface area contributed by atoms with Gasteiger partial charge in [-0.05, 0) is 36.8 Å². The molecule has 0 aliphatic heterocycles. The number of halogens is 1. The van der Waals surface area contributed by atoms with Crippen LogP contribution in [0.1, 0.15) is 30.1 Å². The van der Waals surface area contributed by atoms with Gasteiger partial charge in [-0.25, -0.2) is 4.98 Å². The molecule has 0 saturated carbocycles. The summed E-state index contributed by atoms with van der Waals surface area (Å²) in [6.45, 7) is 3.10. The second-order valence-corrected chi connectivity index (χ2v) is 5.89. The molecule has 1 N–H and O–H groups in total. The van der Waals surface area contributed by atoms with Gasteiger partial charge in [0.15, 0.2) is 0 Å². The molecule has 0 fully saturated rings. The monoisotopic (exact) mass is 347 g/mol. The van der Waals surface area contributed by atoms with Crippen molar-refractivity contribution in [2.45, 2.75) is 19.8 Å². The number of ether oxygens (including phenoxy) is 1. The second-order valence-electron chi connectivity index (χ2n) is 5.48. The van der Waals surface area contributed by atoms with Crippen LogP contribution in [0.2, 0.25) is 5.02 Å². The number of carbonyl (C=O) groups is 1. The molecular formula is C18H22ClN3O2. The summed E-state index contributed by atoms with van der Waals surface area (Å²) in [6.07, 6.45) is 3.83. The highest BCUT2D eigenvalue weighted by molar-refractivity contribution is 6.32. The quantitative estimate of drug-likeness (QED) is 0.814. The molecule has 2 rings (SSSR count). The van der Waals surface area contributed by atoms with Gasteiger partial charge < -0.3 is 15.0 Å². The number of amides is 1. The van der Waals surface area contributed by atoms with E-state index in [1.54, 1.807) is 37.6 Å². The SMILES string of the molecule is CCCCN(C)c1ccc(C(=O)Nc2ccc(OC)c(Cl)c2)cn1. The van der Waals surface area contributed by atoms with Crippen LogP contribution in [0.4, 0.5) is 11.5 Å². The number of rotatable bonds is 7. The molecule has 1 aromatic heterocycles. The number of hydrogen-bond acceptors (Lipinski definition) is 4. The zero-order valence-electron chi connectivity index (χ0n) is 14.2.